The molecule has 0 spiro atoms. The van der Waals surface area contributed by atoms with Crippen molar-refractivity contribution in [3.63, 3.8) is 0 Å². The van der Waals surface area contributed by atoms with E-state index in [0.29, 0.717) is 12.0 Å². The van der Waals surface area contributed by atoms with Crippen molar-refractivity contribution in [3.05, 3.63) is 23.8 Å². The van der Waals surface area contributed by atoms with Crippen LogP contribution >= 0.6 is 0 Å². The van der Waals surface area contributed by atoms with Gasteiger partial charge in [0.05, 0.1) is 20.0 Å². The Morgan fingerprint density at radius 1 is 0.919 bits per heavy atom. The molecule has 2 atom stereocenters. The average Bonchev–Trinajstić information content (AvgIpc) is 2.72. The molecule has 0 amide bonds. The number of benzene rings is 1. The molecule has 0 aromatic heterocycles. The lowest BCUT2D eigenvalue weighted by Crippen LogP contribution is -2.59. The Labute approximate surface area is 219 Å². The van der Waals surface area contributed by atoms with Gasteiger partial charge in [0.2, 0.25) is 0 Å². The number of hydrogen-bond acceptors (Lipinski definition) is 9. The van der Waals surface area contributed by atoms with Crippen LogP contribution in [0.1, 0.15) is 80.2 Å². The summed E-state index contributed by atoms with van der Waals surface area (Å²) in [4.78, 5) is 49.4. The monoisotopic (exact) mass is 523 g/mol. The lowest BCUT2D eigenvalue weighted by atomic mass is 9.92. The molecule has 0 aliphatic heterocycles. The normalized spacial score (nSPS) is 14.2. The Hall–Kier alpha value is -3.14. The first-order valence-electron chi connectivity index (χ1n) is 12.2. The minimum absolute atomic E-state index is 0.0185. The number of ether oxygens (including phenoxy) is 4. The highest BCUT2D eigenvalue weighted by atomic mass is 16.7. The van der Waals surface area contributed by atoms with Crippen molar-refractivity contribution in [3.8, 4) is 11.5 Å². The molecule has 0 aliphatic rings. The summed E-state index contributed by atoms with van der Waals surface area (Å²) in [5.41, 5.74) is -2.50. The van der Waals surface area contributed by atoms with Crippen molar-refractivity contribution >= 4 is 24.1 Å². The van der Waals surface area contributed by atoms with E-state index in [-0.39, 0.29) is 47.6 Å². The Bertz CT molecular complexity index is 975. The fourth-order valence-corrected chi connectivity index (χ4v) is 3.28. The first kappa shape index (κ1) is 31.9. The van der Waals surface area contributed by atoms with Gasteiger partial charge in [0.15, 0.2) is 11.5 Å². The van der Waals surface area contributed by atoms with Crippen molar-refractivity contribution in [1.82, 2.24) is 5.32 Å². The van der Waals surface area contributed by atoms with Crippen molar-refractivity contribution in [2.45, 2.75) is 92.8 Å². The molecule has 2 N–H and O–H groups in total. The number of methoxy groups -OCH3 is 1. The maximum atomic E-state index is 12.6. The van der Waals surface area contributed by atoms with Crippen LogP contribution in [0.4, 0.5) is 4.79 Å². The summed E-state index contributed by atoms with van der Waals surface area (Å²) in [7, 11) is 1.08. The highest BCUT2D eigenvalue weighted by Crippen LogP contribution is 2.33. The third-order valence-corrected chi connectivity index (χ3v) is 5.12. The lowest BCUT2D eigenvalue weighted by molar-refractivity contribution is -0.166. The molecule has 208 valence electrons. The Balaban J connectivity index is 3.47. The van der Waals surface area contributed by atoms with E-state index in [2.05, 4.69) is 10.1 Å². The predicted molar refractivity (Wildman–Crippen MR) is 136 cm³/mol. The molecule has 1 rings (SSSR count). The molecule has 1 aromatic carbocycles. The van der Waals surface area contributed by atoms with Gasteiger partial charge in [-0.2, -0.15) is 0 Å². The Morgan fingerprint density at radius 3 is 1.86 bits per heavy atom. The zero-order valence-electron chi connectivity index (χ0n) is 23.4. The van der Waals surface area contributed by atoms with Crippen LogP contribution in [0.15, 0.2) is 18.2 Å². The van der Waals surface area contributed by atoms with Crippen molar-refractivity contribution in [1.29, 1.82) is 0 Å². The van der Waals surface area contributed by atoms with Gasteiger partial charge in [-0.1, -0.05) is 54.5 Å². The summed E-state index contributed by atoms with van der Waals surface area (Å²) in [6.45, 7) is 14.9. The summed E-state index contributed by atoms with van der Waals surface area (Å²) < 4.78 is 20.8. The van der Waals surface area contributed by atoms with Gasteiger partial charge >= 0.3 is 24.1 Å². The summed E-state index contributed by atoms with van der Waals surface area (Å²) in [6, 6.07) is 4.00. The van der Waals surface area contributed by atoms with Gasteiger partial charge in [-0.25, -0.2) is 9.59 Å². The second kappa shape index (κ2) is 12.9. The number of carboxylic acids is 1. The molecular formula is C27H41NO9. The van der Waals surface area contributed by atoms with E-state index >= 15 is 0 Å². The minimum Gasteiger partial charge on any atom is -0.477 e. The molecule has 0 aliphatic carbocycles. The molecule has 10 heteroatoms. The number of carbonyl (C=O) groups excluding carboxylic acids is 3. The molecule has 0 radical (unpaired) electrons. The van der Waals surface area contributed by atoms with E-state index in [9.17, 15) is 24.3 Å². The van der Waals surface area contributed by atoms with E-state index in [1.165, 1.54) is 18.2 Å². The maximum Gasteiger partial charge on any atom is 0.510 e. The Kier molecular flexibility index (Phi) is 11.1. The third kappa shape index (κ3) is 11.2. The number of aliphatic carboxylic acids is 1. The number of rotatable bonds is 11. The summed E-state index contributed by atoms with van der Waals surface area (Å²) in [5.74, 6) is -2.53. The van der Waals surface area contributed by atoms with E-state index < -0.39 is 29.8 Å². The second-order valence-electron chi connectivity index (χ2n) is 11.5. The Morgan fingerprint density at radius 2 is 1.43 bits per heavy atom. The highest BCUT2D eigenvalue weighted by Gasteiger charge is 2.44. The molecule has 1 aromatic rings. The summed E-state index contributed by atoms with van der Waals surface area (Å²) >= 11 is 0. The molecule has 37 heavy (non-hydrogen) atoms. The smallest absolute Gasteiger partial charge is 0.477 e. The van der Waals surface area contributed by atoms with Gasteiger partial charge in [-0.15, -0.1) is 0 Å². The number of carbonyl (C=O) groups is 4. The van der Waals surface area contributed by atoms with Crippen LogP contribution in [0.3, 0.4) is 0 Å². The van der Waals surface area contributed by atoms with E-state index in [1.807, 2.05) is 48.5 Å². The largest absolute Gasteiger partial charge is 0.510 e. The van der Waals surface area contributed by atoms with Gasteiger partial charge in [0.25, 0.3) is 5.72 Å². The SMILES string of the molecule is CCC(C)N[C@@](Cc1ccc(OC(=O)CC(C)(C)C)c(OC(=O)CC(C)(C)C)c1)(OC(=O)OC)C(=O)O. The standard InChI is InChI=1S/C27H41NO9/c1-10-17(2)28-27(23(31)32,37-24(33)34-9)14-18-11-12-19(35-21(29)15-25(3,4)5)20(13-18)36-22(30)16-26(6,7)8/h11-13,17,28H,10,14-16H2,1-9H3,(H,31,32)/t17?,27-/m0/s1. The first-order valence-corrected chi connectivity index (χ1v) is 12.2. The van der Waals surface area contributed by atoms with Gasteiger partial charge in [-0.3, -0.25) is 14.9 Å². The molecule has 0 saturated carbocycles. The van der Waals surface area contributed by atoms with Crippen LogP contribution in [0, 0.1) is 10.8 Å². The minimum atomic E-state index is -2.17. The zero-order valence-corrected chi connectivity index (χ0v) is 23.4. The van der Waals surface area contributed by atoms with Crippen molar-refractivity contribution in [2.75, 3.05) is 7.11 Å². The fourth-order valence-electron chi connectivity index (χ4n) is 3.28. The van der Waals surface area contributed by atoms with E-state index in [1.54, 1.807) is 6.92 Å². The topological polar surface area (TPSA) is 137 Å². The molecule has 0 bridgehead atoms. The van der Waals surface area contributed by atoms with Gasteiger partial charge < -0.3 is 24.1 Å². The van der Waals surface area contributed by atoms with E-state index in [0.717, 1.165) is 7.11 Å². The van der Waals surface area contributed by atoms with Gasteiger partial charge in [0.1, 0.15) is 0 Å². The lowest BCUT2D eigenvalue weighted by Gasteiger charge is -2.32. The van der Waals surface area contributed by atoms with Crippen LogP contribution in [-0.4, -0.2) is 48.0 Å². The van der Waals surface area contributed by atoms with Crippen LogP contribution in [0.25, 0.3) is 0 Å². The number of hydrogen-bond donors (Lipinski definition) is 2. The van der Waals surface area contributed by atoms with Crippen LogP contribution in [-0.2, 0) is 30.3 Å². The van der Waals surface area contributed by atoms with Crippen LogP contribution < -0.4 is 14.8 Å². The molecule has 0 saturated heterocycles. The van der Waals surface area contributed by atoms with Crippen LogP contribution in [0.5, 0.6) is 11.5 Å². The van der Waals surface area contributed by atoms with Gasteiger partial charge in [0, 0.05) is 12.5 Å². The molecule has 10 nitrogen and oxygen atoms in total. The molecule has 0 heterocycles. The molecule has 0 fully saturated rings. The van der Waals surface area contributed by atoms with Crippen LogP contribution in [0.2, 0.25) is 0 Å². The number of nitrogens with one attached hydrogen (secondary N) is 1. The zero-order chi connectivity index (χ0) is 28.6. The molecular weight excluding hydrogens is 482 g/mol. The maximum absolute atomic E-state index is 12.6. The quantitative estimate of drug-likeness (QED) is 0.235. The van der Waals surface area contributed by atoms with E-state index in [4.69, 9.17) is 14.2 Å². The fraction of sp³-hybridized carbons (Fsp3) is 0.630. The van der Waals surface area contributed by atoms with Gasteiger partial charge in [-0.05, 0) is 41.9 Å². The highest BCUT2D eigenvalue weighted by molar-refractivity contribution is 5.81. The second-order valence-corrected chi connectivity index (χ2v) is 11.5. The predicted octanol–water partition coefficient (Wildman–Crippen LogP) is 4.86. The number of esters is 2. The van der Waals surface area contributed by atoms with Crippen molar-refractivity contribution in [2.24, 2.45) is 10.8 Å². The van der Waals surface area contributed by atoms with Crippen molar-refractivity contribution < 1.29 is 43.2 Å². The first-order chi connectivity index (χ1) is 16.9. The number of carboxylic acid groups (broad SMARTS) is 1. The third-order valence-electron chi connectivity index (χ3n) is 5.12. The average molecular weight is 524 g/mol. The summed E-state index contributed by atoms with van der Waals surface area (Å²) in [6.07, 6.45) is -0.743. The molecule has 1 unspecified atom stereocenters. The summed E-state index contributed by atoms with van der Waals surface area (Å²) in [5, 5.41) is 12.9.